The topological polar surface area (TPSA) is 9.86 Å². The summed E-state index contributed by atoms with van der Waals surface area (Å²) in [5.74, 6) is 0. The first-order chi connectivity index (χ1) is 22.9. The number of aryl methyl sites for hydroxylation is 2. The number of nitrogens with zero attached hydrogens (tertiary/aromatic N) is 2. The van der Waals surface area contributed by atoms with Crippen LogP contribution in [0.2, 0.25) is 0 Å². The molecule has 0 fully saturated rings. The van der Waals surface area contributed by atoms with E-state index in [0.717, 1.165) is 79.0 Å². The van der Waals surface area contributed by atoms with Crippen molar-refractivity contribution in [2.45, 2.75) is 26.2 Å². The first-order valence-corrected chi connectivity index (χ1v) is 15.3. The first-order valence-electron chi connectivity index (χ1n) is 15.3. The van der Waals surface area contributed by atoms with Gasteiger partial charge in [-0.2, -0.15) is 26.3 Å². The van der Waals surface area contributed by atoms with Gasteiger partial charge in [-0.25, -0.2) is 0 Å². The third-order valence-electron chi connectivity index (χ3n) is 9.08. The van der Waals surface area contributed by atoms with E-state index in [0.29, 0.717) is 11.4 Å². The van der Waals surface area contributed by atoms with E-state index in [9.17, 15) is 26.3 Å². The van der Waals surface area contributed by atoms with E-state index in [2.05, 4.69) is 0 Å². The van der Waals surface area contributed by atoms with Gasteiger partial charge in [-0.3, -0.25) is 0 Å². The molecule has 0 aliphatic heterocycles. The maximum absolute atomic E-state index is 14.4. The van der Waals surface area contributed by atoms with E-state index < -0.39 is 23.5 Å². The number of rotatable bonds is 3. The summed E-state index contributed by atoms with van der Waals surface area (Å²) in [5, 5.41) is 3.53. The number of aromatic nitrogens is 2. The Morgan fingerprint density at radius 3 is 1.17 bits per heavy atom. The number of hydrogen-bond donors (Lipinski definition) is 0. The molecule has 0 N–H and O–H groups in total. The van der Waals surface area contributed by atoms with Crippen LogP contribution in [0, 0.1) is 13.8 Å². The van der Waals surface area contributed by atoms with Gasteiger partial charge in [0.1, 0.15) is 0 Å². The van der Waals surface area contributed by atoms with Crippen LogP contribution in [0.4, 0.5) is 26.3 Å². The highest BCUT2D eigenvalue weighted by molar-refractivity contribution is 6.11. The van der Waals surface area contributed by atoms with Gasteiger partial charge >= 0.3 is 12.4 Å². The fourth-order valence-corrected chi connectivity index (χ4v) is 6.94. The fourth-order valence-electron chi connectivity index (χ4n) is 6.94. The molecule has 0 spiro atoms. The van der Waals surface area contributed by atoms with Crippen molar-refractivity contribution in [3.8, 4) is 22.5 Å². The van der Waals surface area contributed by atoms with E-state index in [1.807, 2.05) is 108 Å². The molecule has 2 aromatic heterocycles. The van der Waals surface area contributed by atoms with Crippen molar-refractivity contribution < 1.29 is 26.3 Å². The van der Waals surface area contributed by atoms with Crippen LogP contribution in [0.5, 0.6) is 0 Å². The van der Waals surface area contributed by atoms with Gasteiger partial charge in [0.2, 0.25) is 0 Å². The van der Waals surface area contributed by atoms with Crippen molar-refractivity contribution in [3.05, 3.63) is 144 Å². The maximum Gasteiger partial charge on any atom is 0.416 e. The number of halogens is 6. The fraction of sp³-hybridized carbons (Fsp3) is 0.100. The minimum Gasteiger partial charge on any atom is -0.309 e. The van der Waals surface area contributed by atoms with Gasteiger partial charge in [0.05, 0.1) is 44.6 Å². The van der Waals surface area contributed by atoms with Crippen LogP contribution in [0.25, 0.3) is 66.1 Å². The van der Waals surface area contributed by atoms with Crippen molar-refractivity contribution >= 4 is 43.6 Å². The van der Waals surface area contributed by atoms with Crippen LogP contribution >= 0.6 is 0 Å². The second-order valence-corrected chi connectivity index (χ2v) is 12.2. The van der Waals surface area contributed by atoms with E-state index in [1.54, 1.807) is 0 Å². The number of hydrogen-bond acceptors (Lipinski definition) is 0. The lowest BCUT2D eigenvalue weighted by molar-refractivity contribution is -0.138. The van der Waals surface area contributed by atoms with Crippen LogP contribution < -0.4 is 0 Å². The third-order valence-corrected chi connectivity index (χ3v) is 9.08. The zero-order chi connectivity index (χ0) is 33.5. The van der Waals surface area contributed by atoms with Crippen molar-refractivity contribution in [1.82, 2.24) is 9.13 Å². The Bertz CT molecular complexity index is 2450. The lowest BCUT2D eigenvalue weighted by Crippen LogP contribution is -2.10. The quantitative estimate of drug-likeness (QED) is 0.169. The highest BCUT2D eigenvalue weighted by Crippen LogP contribution is 2.45. The molecule has 0 radical (unpaired) electrons. The monoisotopic (exact) mass is 648 g/mol. The summed E-state index contributed by atoms with van der Waals surface area (Å²) in [6.07, 6.45) is -9.48. The van der Waals surface area contributed by atoms with Gasteiger partial charge in [-0.05, 0) is 86.6 Å². The normalized spacial score (nSPS) is 12.6. The molecule has 0 aliphatic rings. The minimum absolute atomic E-state index is 0.0201. The molecule has 0 unspecified atom stereocenters. The maximum atomic E-state index is 14.4. The number of para-hydroxylation sites is 2. The van der Waals surface area contributed by atoms with E-state index in [4.69, 9.17) is 0 Å². The van der Waals surface area contributed by atoms with Crippen LogP contribution in [0.1, 0.15) is 22.3 Å². The molecule has 0 saturated heterocycles. The average molecular weight is 649 g/mol. The van der Waals surface area contributed by atoms with E-state index in [1.165, 1.54) is 12.1 Å². The molecule has 0 amide bonds. The van der Waals surface area contributed by atoms with Gasteiger partial charge in [-0.1, -0.05) is 59.7 Å². The zero-order valence-corrected chi connectivity index (χ0v) is 25.7. The molecule has 2 nitrogen and oxygen atoms in total. The summed E-state index contributed by atoms with van der Waals surface area (Å²) in [7, 11) is 0. The number of benzene rings is 6. The standard InChI is InChI=1S/C40H26F6N2/c1-23-11-15-35-29(19-23)30-20-24(2)12-16-36(30)48(35)38-18-14-26(40(44,45)46)22-32(38)31-21-25(39(41,42)43)13-17-37(31)47-33-9-5-3-7-27(33)28-8-4-6-10-34(28)47/h3-22H,1-2H3. The Hall–Kier alpha value is -5.50. The molecule has 8 heteroatoms. The van der Waals surface area contributed by atoms with Crippen molar-refractivity contribution in [1.29, 1.82) is 0 Å². The second-order valence-electron chi connectivity index (χ2n) is 12.2. The predicted octanol–water partition coefficient (Wildman–Crippen LogP) is 12.2. The molecule has 0 aliphatic carbocycles. The molecule has 8 rings (SSSR count). The molecular formula is C40H26F6N2. The molecule has 6 aromatic carbocycles. The predicted molar refractivity (Wildman–Crippen MR) is 180 cm³/mol. The number of alkyl halides is 6. The molecule has 238 valence electrons. The average Bonchev–Trinajstić information content (AvgIpc) is 3.55. The van der Waals surface area contributed by atoms with Gasteiger partial charge < -0.3 is 9.13 Å². The third kappa shape index (κ3) is 4.66. The van der Waals surface area contributed by atoms with E-state index in [-0.39, 0.29) is 11.1 Å². The zero-order valence-electron chi connectivity index (χ0n) is 25.7. The van der Waals surface area contributed by atoms with Crippen LogP contribution in [-0.4, -0.2) is 9.13 Å². The summed E-state index contributed by atoms with van der Waals surface area (Å²) in [6.45, 7) is 3.92. The lowest BCUT2D eigenvalue weighted by Gasteiger charge is -2.21. The Morgan fingerprint density at radius 1 is 0.396 bits per heavy atom. The summed E-state index contributed by atoms with van der Waals surface area (Å²) < 4.78 is 90.2. The van der Waals surface area contributed by atoms with Gasteiger partial charge in [-0.15, -0.1) is 0 Å². The Morgan fingerprint density at radius 2 is 0.771 bits per heavy atom. The molecule has 0 saturated carbocycles. The van der Waals surface area contributed by atoms with Gasteiger partial charge in [0.25, 0.3) is 0 Å². The molecule has 0 atom stereocenters. The highest BCUT2D eigenvalue weighted by atomic mass is 19.4. The van der Waals surface area contributed by atoms with Crippen molar-refractivity contribution in [2.75, 3.05) is 0 Å². The Kier molecular flexibility index (Phi) is 6.54. The van der Waals surface area contributed by atoms with Crippen LogP contribution in [0.15, 0.2) is 121 Å². The minimum atomic E-state index is -4.74. The summed E-state index contributed by atoms with van der Waals surface area (Å²) in [6, 6.07) is 33.3. The molecule has 2 heterocycles. The Labute approximate surface area is 271 Å². The lowest BCUT2D eigenvalue weighted by atomic mass is 9.96. The van der Waals surface area contributed by atoms with Crippen molar-refractivity contribution in [2.24, 2.45) is 0 Å². The smallest absolute Gasteiger partial charge is 0.309 e. The summed E-state index contributed by atoms with van der Waals surface area (Å²) in [4.78, 5) is 0. The molecule has 8 aromatic rings. The second kappa shape index (κ2) is 10.5. The van der Waals surface area contributed by atoms with Crippen LogP contribution in [-0.2, 0) is 12.4 Å². The van der Waals surface area contributed by atoms with E-state index >= 15 is 0 Å². The van der Waals surface area contributed by atoms with Gasteiger partial charge in [0, 0.05) is 32.7 Å². The Balaban J connectivity index is 1.54. The summed E-state index contributed by atoms with van der Waals surface area (Å²) >= 11 is 0. The number of fused-ring (bicyclic) bond motifs is 6. The SMILES string of the molecule is Cc1ccc2c(c1)c1cc(C)ccc1n2-c1ccc(C(F)(F)F)cc1-c1cc(C(F)(F)F)ccc1-n1c2ccccc2c2ccccc21. The van der Waals surface area contributed by atoms with Crippen LogP contribution in [0.3, 0.4) is 0 Å². The first kappa shape index (κ1) is 29.9. The highest BCUT2D eigenvalue weighted by Gasteiger charge is 2.34. The summed E-state index contributed by atoms with van der Waals surface area (Å²) in [5.41, 5.74) is 3.68. The molecule has 0 bridgehead atoms. The van der Waals surface area contributed by atoms with Crippen molar-refractivity contribution in [3.63, 3.8) is 0 Å². The molecular weight excluding hydrogens is 622 g/mol. The molecule has 48 heavy (non-hydrogen) atoms. The van der Waals surface area contributed by atoms with Gasteiger partial charge in [0.15, 0.2) is 0 Å². The largest absolute Gasteiger partial charge is 0.416 e.